The van der Waals surface area contributed by atoms with Gasteiger partial charge in [-0.2, -0.15) is 0 Å². The summed E-state index contributed by atoms with van der Waals surface area (Å²) in [6.45, 7) is 0. The van der Waals surface area contributed by atoms with Crippen molar-refractivity contribution in [2.45, 2.75) is 5.41 Å². The first kappa shape index (κ1) is 29.8. The lowest BCUT2D eigenvalue weighted by Crippen LogP contribution is -2.33. The Hall–Kier alpha value is -6.26. The second-order valence-electron chi connectivity index (χ2n) is 10.7. The Morgan fingerprint density at radius 1 is 0.413 bits per heavy atom. The van der Waals surface area contributed by atoms with Gasteiger partial charge in [-0.05, 0) is 28.2 Å². The maximum Gasteiger partial charge on any atom is 0.235 e. The SMILES string of the molecule is O=C(C#CC(C(=C=C(c1ccccc1)c1ccccc1)C(=O)c1ccccc1)(c1ccccc1)c1ccccc1)c1ccccc1. The van der Waals surface area contributed by atoms with Crippen LogP contribution in [0.5, 0.6) is 0 Å². The van der Waals surface area contributed by atoms with E-state index in [4.69, 9.17) is 0 Å². The van der Waals surface area contributed by atoms with E-state index >= 15 is 0 Å². The first-order valence-electron chi connectivity index (χ1n) is 15.1. The highest BCUT2D eigenvalue weighted by atomic mass is 16.1. The molecule has 0 aliphatic carbocycles. The van der Waals surface area contributed by atoms with Gasteiger partial charge in [-0.25, -0.2) is 0 Å². The smallest absolute Gasteiger partial charge is 0.235 e. The van der Waals surface area contributed by atoms with Gasteiger partial charge >= 0.3 is 0 Å². The predicted molar refractivity (Wildman–Crippen MR) is 185 cm³/mol. The average Bonchev–Trinajstić information content (AvgIpc) is 3.15. The summed E-state index contributed by atoms with van der Waals surface area (Å²) in [4.78, 5) is 28.6. The van der Waals surface area contributed by atoms with E-state index in [9.17, 15) is 9.59 Å². The van der Waals surface area contributed by atoms with Gasteiger partial charge in [0.15, 0.2) is 5.78 Å². The van der Waals surface area contributed by atoms with Crippen LogP contribution in [0.4, 0.5) is 0 Å². The van der Waals surface area contributed by atoms with Gasteiger partial charge in [0.2, 0.25) is 5.78 Å². The van der Waals surface area contributed by atoms with Gasteiger partial charge < -0.3 is 0 Å². The molecule has 218 valence electrons. The molecule has 0 atom stereocenters. The van der Waals surface area contributed by atoms with E-state index in [0.717, 1.165) is 27.8 Å². The molecule has 2 heteroatoms. The minimum atomic E-state index is -1.37. The average molecular weight is 591 g/mol. The van der Waals surface area contributed by atoms with Gasteiger partial charge in [-0.15, -0.1) is 5.73 Å². The lowest BCUT2D eigenvalue weighted by atomic mass is 9.67. The number of allylic oxidation sites excluding steroid dienone is 1. The fraction of sp³-hybridized carbons (Fsp3) is 0.0227. The topological polar surface area (TPSA) is 34.1 Å². The van der Waals surface area contributed by atoms with Crippen molar-refractivity contribution in [2.75, 3.05) is 0 Å². The highest BCUT2D eigenvalue weighted by Crippen LogP contribution is 2.41. The number of benzene rings is 6. The van der Waals surface area contributed by atoms with E-state index < -0.39 is 5.41 Å². The quantitative estimate of drug-likeness (QED) is 0.0582. The molecule has 6 rings (SSSR count). The van der Waals surface area contributed by atoms with Crippen LogP contribution in [0.1, 0.15) is 43.0 Å². The molecule has 0 fully saturated rings. The van der Waals surface area contributed by atoms with Crippen LogP contribution in [-0.2, 0) is 5.41 Å². The molecular weight excluding hydrogens is 560 g/mol. The Labute approximate surface area is 270 Å². The number of hydrogen-bond acceptors (Lipinski definition) is 2. The summed E-state index contributed by atoms with van der Waals surface area (Å²) in [6.07, 6.45) is 0. The Kier molecular flexibility index (Phi) is 9.08. The van der Waals surface area contributed by atoms with Gasteiger partial charge in [-0.3, -0.25) is 9.59 Å². The summed E-state index contributed by atoms with van der Waals surface area (Å²) in [5.41, 5.74) is 7.63. The van der Waals surface area contributed by atoms with E-state index in [0.29, 0.717) is 16.7 Å². The van der Waals surface area contributed by atoms with Crippen molar-refractivity contribution < 1.29 is 9.59 Å². The molecule has 0 heterocycles. The maximum absolute atomic E-state index is 15.0. The third-order valence-electron chi connectivity index (χ3n) is 7.83. The van der Waals surface area contributed by atoms with Crippen molar-refractivity contribution in [2.24, 2.45) is 0 Å². The van der Waals surface area contributed by atoms with Crippen molar-refractivity contribution in [1.82, 2.24) is 0 Å². The zero-order valence-electron chi connectivity index (χ0n) is 25.1. The Morgan fingerprint density at radius 2 is 0.761 bits per heavy atom. The van der Waals surface area contributed by atoms with Crippen molar-refractivity contribution in [3.63, 3.8) is 0 Å². The number of rotatable bonds is 8. The van der Waals surface area contributed by atoms with E-state index in [2.05, 4.69) is 17.6 Å². The molecule has 0 radical (unpaired) electrons. The lowest BCUT2D eigenvalue weighted by Gasteiger charge is -2.31. The maximum atomic E-state index is 15.0. The molecule has 46 heavy (non-hydrogen) atoms. The molecule has 0 aliphatic rings. The molecule has 0 N–H and O–H groups in total. The standard InChI is InChI=1S/C44H30O2/c45-42(36-23-11-3-12-24-36)31-32-44(38-27-15-5-16-28-38,39-29-17-6-18-30-39)41(43(46)37-25-13-4-14-26-37)33-40(34-19-7-1-8-20-34)35-21-9-2-10-22-35/h1-30H. The summed E-state index contributed by atoms with van der Waals surface area (Å²) in [5.74, 6) is 5.78. The van der Waals surface area contributed by atoms with Crippen LogP contribution in [0.25, 0.3) is 5.57 Å². The highest BCUT2D eigenvalue weighted by molar-refractivity contribution is 6.13. The molecule has 6 aromatic rings. The van der Waals surface area contributed by atoms with E-state index in [1.54, 1.807) is 24.3 Å². The van der Waals surface area contributed by atoms with Crippen molar-refractivity contribution >= 4 is 17.1 Å². The first-order valence-corrected chi connectivity index (χ1v) is 15.1. The molecule has 0 spiro atoms. The summed E-state index contributed by atoms with van der Waals surface area (Å²) < 4.78 is 0. The van der Waals surface area contributed by atoms with Crippen LogP contribution in [0.15, 0.2) is 193 Å². The molecule has 0 aromatic heterocycles. The number of ketones is 2. The molecule has 0 saturated carbocycles. The highest BCUT2D eigenvalue weighted by Gasteiger charge is 2.41. The number of hydrogen-bond donors (Lipinski definition) is 0. The summed E-state index contributed by atoms with van der Waals surface area (Å²) in [7, 11) is 0. The van der Waals surface area contributed by atoms with Crippen LogP contribution >= 0.6 is 0 Å². The Bertz CT molecular complexity index is 1980. The van der Waals surface area contributed by atoms with Crippen LogP contribution in [0.2, 0.25) is 0 Å². The zero-order chi connectivity index (χ0) is 31.6. The molecule has 0 bridgehead atoms. The first-order chi connectivity index (χ1) is 22.7. The zero-order valence-corrected chi connectivity index (χ0v) is 25.1. The molecule has 0 saturated heterocycles. The minimum absolute atomic E-state index is 0.237. The normalized spacial score (nSPS) is 10.5. The number of carbonyl (C=O) groups excluding carboxylic acids is 2. The van der Waals surface area contributed by atoms with Gasteiger partial charge in [0.05, 0.1) is 5.57 Å². The van der Waals surface area contributed by atoms with Gasteiger partial charge in [0, 0.05) is 16.7 Å². The Balaban J connectivity index is 1.79. The second-order valence-corrected chi connectivity index (χ2v) is 10.7. The van der Waals surface area contributed by atoms with Gasteiger partial charge in [-0.1, -0.05) is 188 Å². The molecule has 0 aliphatic heterocycles. The van der Waals surface area contributed by atoms with Crippen LogP contribution in [0, 0.1) is 11.8 Å². The van der Waals surface area contributed by atoms with Gasteiger partial charge in [0.1, 0.15) is 5.41 Å². The molecule has 0 unspecified atom stereocenters. The van der Waals surface area contributed by atoms with Gasteiger partial charge in [0.25, 0.3) is 0 Å². The predicted octanol–water partition coefficient (Wildman–Crippen LogP) is 9.40. The van der Waals surface area contributed by atoms with Crippen LogP contribution < -0.4 is 0 Å². The second kappa shape index (κ2) is 14.0. The minimum Gasteiger partial charge on any atom is -0.288 e. The third kappa shape index (κ3) is 6.33. The van der Waals surface area contributed by atoms with E-state index in [1.165, 1.54) is 0 Å². The van der Waals surface area contributed by atoms with Crippen molar-refractivity contribution in [3.8, 4) is 11.8 Å². The fourth-order valence-corrected chi connectivity index (χ4v) is 5.55. The summed E-state index contributed by atoms with van der Waals surface area (Å²) >= 11 is 0. The summed E-state index contributed by atoms with van der Waals surface area (Å²) in [5, 5.41) is 0. The number of Topliss-reactive ketones (excluding diaryl/α,β-unsaturated/α-hetero) is 2. The molecule has 2 nitrogen and oxygen atoms in total. The molecule has 0 amide bonds. The molecule has 6 aromatic carbocycles. The van der Waals surface area contributed by atoms with Crippen molar-refractivity contribution in [3.05, 3.63) is 227 Å². The van der Waals surface area contributed by atoms with Crippen LogP contribution in [-0.4, -0.2) is 11.6 Å². The van der Waals surface area contributed by atoms with Crippen LogP contribution in [0.3, 0.4) is 0 Å². The van der Waals surface area contributed by atoms with Crippen molar-refractivity contribution in [1.29, 1.82) is 0 Å². The Morgan fingerprint density at radius 3 is 1.17 bits per heavy atom. The lowest BCUT2D eigenvalue weighted by molar-refractivity contribution is 0.102. The fourth-order valence-electron chi connectivity index (χ4n) is 5.55. The van der Waals surface area contributed by atoms with E-state index in [-0.39, 0.29) is 11.6 Å². The number of carbonyl (C=O) groups is 2. The van der Waals surface area contributed by atoms with E-state index in [1.807, 2.05) is 158 Å². The monoisotopic (exact) mass is 590 g/mol. The molecular formula is C44H30O2. The summed E-state index contributed by atoms with van der Waals surface area (Å²) in [6, 6.07) is 57.4. The third-order valence-corrected chi connectivity index (χ3v) is 7.83. The largest absolute Gasteiger partial charge is 0.288 e.